The van der Waals surface area contributed by atoms with E-state index in [1.165, 1.54) is 5.56 Å². The molecule has 0 saturated carbocycles. The van der Waals surface area contributed by atoms with Crippen LogP contribution in [0, 0.1) is 20.8 Å². The number of aliphatic hydroxyl groups is 1. The molecule has 0 aliphatic carbocycles. The molecule has 3 heteroatoms. The number of carbonyl (C=O) groups excluding carboxylic acids is 1. The van der Waals surface area contributed by atoms with E-state index in [-0.39, 0.29) is 11.9 Å². The van der Waals surface area contributed by atoms with Gasteiger partial charge in [-0.05, 0) is 52.3 Å². The highest BCUT2D eigenvalue weighted by molar-refractivity contribution is 6.00. The van der Waals surface area contributed by atoms with E-state index in [9.17, 15) is 9.90 Å². The molecule has 0 radical (unpaired) electrons. The second-order valence-corrected chi connectivity index (χ2v) is 5.57. The molecule has 0 spiro atoms. The zero-order chi connectivity index (χ0) is 14.6. The molecule has 1 unspecified atom stereocenters. The van der Waals surface area contributed by atoms with Crippen molar-refractivity contribution in [2.24, 2.45) is 0 Å². The lowest BCUT2D eigenvalue weighted by Gasteiger charge is -2.18. The Morgan fingerprint density at radius 1 is 1.26 bits per heavy atom. The minimum atomic E-state index is -0.319. The molecule has 0 bridgehead atoms. The fourth-order valence-corrected chi connectivity index (χ4v) is 2.43. The van der Waals surface area contributed by atoms with Crippen LogP contribution in [-0.2, 0) is 0 Å². The first-order valence-electron chi connectivity index (χ1n) is 6.79. The van der Waals surface area contributed by atoms with E-state index >= 15 is 0 Å². The van der Waals surface area contributed by atoms with Gasteiger partial charge >= 0.3 is 0 Å². The molecular formula is C16H25NO2. The van der Waals surface area contributed by atoms with E-state index in [2.05, 4.69) is 12.1 Å². The summed E-state index contributed by atoms with van der Waals surface area (Å²) in [6.45, 7) is 8.92. The van der Waals surface area contributed by atoms with Crippen LogP contribution in [0.5, 0.6) is 0 Å². The third-order valence-electron chi connectivity index (χ3n) is 3.30. The van der Waals surface area contributed by atoms with Crippen molar-refractivity contribution in [3.05, 3.63) is 34.4 Å². The highest BCUT2D eigenvalue weighted by Gasteiger charge is 2.15. The number of nitrogens with zero attached hydrogens (tertiary/aromatic N) is 1. The van der Waals surface area contributed by atoms with Crippen LogP contribution < -0.4 is 0 Å². The van der Waals surface area contributed by atoms with Crippen LogP contribution >= 0.6 is 0 Å². The SMILES string of the molecule is Cc1cc(C)c(C(=O)CN(C)CCC(C)O)c(C)c1. The van der Waals surface area contributed by atoms with E-state index < -0.39 is 0 Å². The molecule has 0 aliphatic heterocycles. The molecule has 1 rings (SSSR count). The van der Waals surface area contributed by atoms with Crippen molar-refractivity contribution in [3.8, 4) is 0 Å². The fourth-order valence-electron chi connectivity index (χ4n) is 2.43. The Labute approximate surface area is 116 Å². The first-order valence-corrected chi connectivity index (χ1v) is 6.79. The predicted octanol–water partition coefficient (Wildman–Crippen LogP) is 2.50. The summed E-state index contributed by atoms with van der Waals surface area (Å²) in [7, 11) is 1.92. The summed E-state index contributed by atoms with van der Waals surface area (Å²) in [5.74, 6) is 0.156. The second-order valence-electron chi connectivity index (χ2n) is 5.57. The average molecular weight is 263 g/mol. The Morgan fingerprint density at radius 2 is 1.79 bits per heavy atom. The van der Waals surface area contributed by atoms with Crippen LogP contribution in [0.1, 0.15) is 40.4 Å². The van der Waals surface area contributed by atoms with Gasteiger partial charge < -0.3 is 5.11 Å². The molecule has 19 heavy (non-hydrogen) atoms. The molecule has 1 atom stereocenters. The number of rotatable bonds is 6. The number of hydrogen-bond acceptors (Lipinski definition) is 3. The molecule has 106 valence electrons. The number of likely N-dealkylation sites (N-methyl/N-ethyl adjacent to an activating group) is 1. The summed E-state index contributed by atoms with van der Waals surface area (Å²) in [5.41, 5.74) is 4.13. The number of Topliss-reactive ketones (excluding diaryl/α,β-unsaturated/α-hetero) is 1. The van der Waals surface area contributed by atoms with Gasteiger partial charge in [0.2, 0.25) is 0 Å². The van der Waals surface area contributed by atoms with Crippen LogP contribution in [0.2, 0.25) is 0 Å². The average Bonchev–Trinajstić information content (AvgIpc) is 2.24. The van der Waals surface area contributed by atoms with E-state index in [4.69, 9.17) is 0 Å². The van der Waals surface area contributed by atoms with Crippen molar-refractivity contribution in [2.45, 2.75) is 40.2 Å². The number of hydrogen-bond donors (Lipinski definition) is 1. The molecule has 3 nitrogen and oxygen atoms in total. The Kier molecular flexibility index (Phi) is 5.70. The molecule has 1 N–H and O–H groups in total. The number of ketones is 1. The van der Waals surface area contributed by atoms with Crippen molar-refractivity contribution >= 4 is 5.78 Å². The highest BCUT2D eigenvalue weighted by Crippen LogP contribution is 2.17. The van der Waals surface area contributed by atoms with Crippen molar-refractivity contribution in [2.75, 3.05) is 20.1 Å². The second kappa shape index (κ2) is 6.83. The standard InChI is InChI=1S/C16H25NO2/c1-11-8-12(2)16(13(3)9-11)15(19)10-17(5)7-6-14(4)18/h8-9,14,18H,6-7,10H2,1-5H3. The molecule has 0 heterocycles. The largest absolute Gasteiger partial charge is 0.393 e. The van der Waals surface area contributed by atoms with Gasteiger partial charge in [-0.15, -0.1) is 0 Å². The summed E-state index contributed by atoms with van der Waals surface area (Å²) in [5, 5.41) is 9.26. The molecular weight excluding hydrogens is 238 g/mol. The van der Waals surface area contributed by atoms with Crippen LogP contribution in [0.25, 0.3) is 0 Å². The monoisotopic (exact) mass is 263 g/mol. The molecule has 0 saturated heterocycles. The molecule has 1 aromatic carbocycles. The summed E-state index contributed by atoms with van der Waals surface area (Å²) in [4.78, 5) is 14.3. The number of carbonyl (C=O) groups is 1. The molecule has 0 aromatic heterocycles. The zero-order valence-electron chi connectivity index (χ0n) is 12.7. The van der Waals surface area contributed by atoms with Gasteiger partial charge in [-0.3, -0.25) is 9.69 Å². The van der Waals surface area contributed by atoms with Crippen LogP contribution in [-0.4, -0.2) is 42.0 Å². The van der Waals surface area contributed by atoms with Crippen molar-refractivity contribution in [1.29, 1.82) is 0 Å². The zero-order valence-corrected chi connectivity index (χ0v) is 12.7. The van der Waals surface area contributed by atoms with Gasteiger partial charge in [0.15, 0.2) is 5.78 Å². The van der Waals surface area contributed by atoms with Gasteiger partial charge in [-0.25, -0.2) is 0 Å². The van der Waals surface area contributed by atoms with Gasteiger partial charge in [0.1, 0.15) is 0 Å². The maximum Gasteiger partial charge on any atom is 0.177 e. The van der Waals surface area contributed by atoms with Gasteiger partial charge in [-0.1, -0.05) is 17.7 Å². The summed E-state index contributed by atoms with van der Waals surface area (Å²) >= 11 is 0. The lowest BCUT2D eigenvalue weighted by molar-refractivity contribution is 0.0930. The third-order valence-corrected chi connectivity index (χ3v) is 3.30. The smallest absolute Gasteiger partial charge is 0.177 e. The Hall–Kier alpha value is -1.19. The maximum atomic E-state index is 12.3. The van der Waals surface area contributed by atoms with Crippen molar-refractivity contribution in [3.63, 3.8) is 0 Å². The highest BCUT2D eigenvalue weighted by atomic mass is 16.3. The molecule has 0 aliphatic rings. The topological polar surface area (TPSA) is 40.5 Å². The minimum Gasteiger partial charge on any atom is -0.393 e. The maximum absolute atomic E-state index is 12.3. The van der Waals surface area contributed by atoms with Gasteiger partial charge in [-0.2, -0.15) is 0 Å². The lowest BCUT2D eigenvalue weighted by Crippen LogP contribution is -2.29. The van der Waals surface area contributed by atoms with Crippen LogP contribution in [0.15, 0.2) is 12.1 Å². The summed E-state index contributed by atoms with van der Waals surface area (Å²) < 4.78 is 0. The van der Waals surface area contributed by atoms with E-state index in [1.54, 1.807) is 6.92 Å². The number of aliphatic hydroxyl groups excluding tert-OH is 1. The normalized spacial score (nSPS) is 12.8. The van der Waals surface area contributed by atoms with Crippen LogP contribution in [0.4, 0.5) is 0 Å². The van der Waals surface area contributed by atoms with Crippen molar-refractivity contribution in [1.82, 2.24) is 4.90 Å². The van der Waals surface area contributed by atoms with Gasteiger partial charge in [0.25, 0.3) is 0 Å². The molecule has 0 amide bonds. The summed E-state index contributed by atoms with van der Waals surface area (Å²) in [6.07, 6.45) is 0.371. The Morgan fingerprint density at radius 3 is 2.26 bits per heavy atom. The van der Waals surface area contributed by atoms with Gasteiger partial charge in [0.05, 0.1) is 12.6 Å². The minimum absolute atomic E-state index is 0.156. The summed E-state index contributed by atoms with van der Waals surface area (Å²) in [6, 6.07) is 4.10. The predicted molar refractivity (Wildman–Crippen MR) is 78.8 cm³/mol. The number of aryl methyl sites for hydroxylation is 3. The third kappa shape index (κ3) is 4.77. The van der Waals surface area contributed by atoms with E-state index in [1.807, 2.05) is 32.7 Å². The van der Waals surface area contributed by atoms with Crippen molar-refractivity contribution < 1.29 is 9.90 Å². The fraction of sp³-hybridized carbons (Fsp3) is 0.562. The first-order chi connectivity index (χ1) is 8.81. The Balaban J connectivity index is 2.73. The van der Waals surface area contributed by atoms with Crippen LogP contribution in [0.3, 0.4) is 0 Å². The van der Waals surface area contributed by atoms with E-state index in [0.29, 0.717) is 13.0 Å². The molecule has 0 fully saturated rings. The van der Waals surface area contributed by atoms with E-state index in [0.717, 1.165) is 23.2 Å². The molecule has 1 aromatic rings. The Bertz CT molecular complexity index is 429. The first kappa shape index (κ1) is 15.9. The number of benzene rings is 1. The quantitative estimate of drug-likeness (QED) is 0.802. The van der Waals surface area contributed by atoms with Gasteiger partial charge in [0, 0.05) is 12.1 Å². The lowest BCUT2D eigenvalue weighted by atomic mass is 9.96.